The van der Waals surface area contributed by atoms with Crippen LogP contribution < -0.4 is 4.90 Å². The standard InChI is InChI=1S/C25H32F3N3O5S3/c1-23(33,25(26,27)28)17-7-9-18(10-8-17)31-12-11-30(39(35,36)21-6-4-3-5-20(21)37)16-19(31)15-29-13-14-38-22(32)24(29,2)34/h3-4,6-10,19,22,32-34H,5,11-16H2,1-2H3/t19-,22?,23?,24?/m0/s1. The third kappa shape index (κ3) is 5.94. The molecule has 2 aliphatic heterocycles. The number of benzene rings is 1. The number of nitrogens with zero attached hydrogens (tertiary/aromatic N) is 3. The van der Waals surface area contributed by atoms with E-state index in [-0.39, 0.29) is 36.6 Å². The van der Waals surface area contributed by atoms with Gasteiger partial charge in [0, 0.05) is 55.4 Å². The van der Waals surface area contributed by atoms with Gasteiger partial charge in [0.1, 0.15) is 5.44 Å². The smallest absolute Gasteiger partial charge is 0.378 e. The predicted octanol–water partition coefficient (Wildman–Crippen LogP) is 2.57. The van der Waals surface area contributed by atoms with E-state index >= 15 is 0 Å². The molecule has 3 unspecified atom stereocenters. The van der Waals surface area contributed by atoms with E-state index in [1.165, 1.54) is 53.3 Å². The molecule has 1 aliphatic carbocycles. The van der Waals surface area contributed by atoms with Crippen molar-refractivity contribution >= 4 is 44.6 Å². The molecule has 0 radical (unpaired) electrons. The summed E-state index contributed by atoms with van der Waals surface area (Å²) in [6, 6.07) is 4.83. The molecule has 0 spiro atoms. The molecule has 2 heterocycles. The molecule has 2 saturated heterocycles. The quantitative estimate of drug-likeness (QED) is 0.421. The number of aliphatic hydroxyl groups excluding tert-OH is 1. The molecule has 8 nitrogen and oxygen atoms in total. The van der Waals surface area contributed by atoms with E-state index < -0.39 is 39.0 Å². The summed E-state index contributed by atoms with van der Waals surface area (Å²) in [5.74, 6) is 0.556. The van der Waals surface area contributed by atoms with Gasteiger partial charge in [0.2, 0.25) is 10.0 Å². The molecule has 0 saturated carbocycles. The first-order valence-corrected chi connectivity index (χ1v) is 15.3. The number of thioether (sulfide) groups is 1. The minimum absolute atomic E-state index is 0.0316. The van der Waals surface area contributed by atoms with Crippen LogP contribution in [-0.2, 0) is 15.6 Å². The van der Waals surface area contributed by atoms with E-state index in [4.69, 9.17) is 12.2 Å². The normalized spacial score (nSPS) is 29.3. The number of halogens is 3. The Morgan fingerprint density at radius 3 is 2.46 bits per heavy atom. The predicted molar refractivity (Wildman–Crippen MR) is 149 cm³/mol. The van der Waals surface area contributed by atoms with E-state index in [0.29, 0.717) is 36.2 Å². The maximum Gasteiger partial charge on any atom is 0.421 e. The molecule has 1 aromatic carbocycles. The van der Waals surface area contributed by atoms with Crippen LogP contribution in [0.5, 0.6) is 0 Å². The molecule has 1 aromatic rings. The number of hydrogen-bond donors (Lipinski definition) is 3. The summed E-state index contributed by atoms with van der Waals surface area (Å²) in [6.07, 6.45) is 0.404. The lowest BCUT2D eigenvalue weighted by molar-refractivity contribution is -0.258. The van der Waals surface area contributed by atoms with Crippen molar-refractivity contribution in [1.82, 2.24) is 9.21 Å². The Labute approximate surface area is 235 Å². The second kappa shape index (κ2) is 11.0. The topological polar surface area (TPSA) is 105 Å². The first kappa shape index (κ1) is 30.4. The SMILES string of the molecule is CC1(O)C(O)SCCN1C[C@H]1CN(S(=O)(=O)C2=CC=CCC2=S)CCN1c1ccc(C(C)(O)C(F)(F)F)cc1. The third-order valence-corrected chi connectivity index (χ3v) is 11.2. The van der Waals surface area contributed by atoms with E-state index in [1.54, 1.807) is 17.1 Å². The molecule has 2 fully saturated rings. The Kier molecular flexibility index (Phi) is 8.62. The fourth-order valence-electron chi connectivity index (χ4n) is 4.92. The molecule has 0 aromatic heterocycles. The maximum atomic E-state index is 13.5. The molecular weight excluding hydrogens is 575 g/mol. The number of rotatable bonds is 6. The van der Waals surface area contributed by atoms with Gasteiger partial charge >= 0.3 is 6.18 Å². The number of alkyl halides is 3. The fourth-order valence-corrected chi connectivity index (χ4v) is 8.00. The van der Waals surface area contributed by atoms with Crippen molar-refractivity contribution in [3.05, 3.63) is 53.0 Å². The minimum Gasteiger partial charge on any atom is -0.378 e. The van der Waals surface area contributed by atoms with Gasteiger partial charge in [0.25, 0.3) is 0 Å². The Balaban J connectivity index is 1.65. The van der Waals surface area contributed by atoms with Gasteiger partial charge in [-0.15, -0.1) is 11.8 Å². The van der Waals surface area contributed by atoms with Gasteiger partial charge < -0.3 is 20.2 Å². The number of thiocarbonyl (C=S) groups is 1. The second-order valence-electron chi connectivity index (χ2n) is 10.2. The first-order chi connectivity index (χ1) is 18.1. The van der Waals surface area contributed by atoms with Crippen LogP contribution in [0, 0.1) is 0 Å². The van der Waals surface area contributed by atoms with E-state index in [1.807, 2.05) is 4.90 Å². The summed E-state index contributed by atoms with van der Waals surface area (Å²) in [5, 5.41) is 31.4. The number of piperazine rings is 1. The Hall–Kier alpha value is -1.52. The van der Waals surface area contributed by atoms with Crippen LogP contribution in [0.15, 0.2) is 47.4 Å². The Morgan fingerprint density at radius 1 is 1.18 bits per heavy atom. The van der Waals surface area contributed by atoms with Crippen LogP contribution in [-0.4, -0.2) is 99.7 Å². The first-order valence-electron chi connectivity index (χ1n) is 12.4. The average Bonchev–Trinajstić information content (AvgIpc) is 2.86. The monoisotopic (exact) mass is 607 g/mol. The lowest BCUT2D eigenvalue weighted by Gasteiger charge is -2.49. The van der Waals surface area contributed by atoms with Crippen molar-refractivity contribution in [2.24, 2.45) is 0 Å². The Bertz CT molecular complexity index is 1250. The second-order valence-corrected chi connectivity index (χ2v) is 13.8. The zero-order valence-corrected chi connectivity index (χ0v) is 24.0. The van der Waals surface area contributed by atoms with Gasteiger partial charge in [0.15, 0.2) is 11.3 Å². The summed E-state index contributed by atoms with van der Waals surface area (Å²) >= 11 is 6.53. The van der Waals surface area contributed by atoms with Gasteiger partial charge in [-0.05, 0) is 37.6 Å². The molecular formula is C25H32F3N3O5S3. The third-order valence-electron chi connectivity index (χ3n) is 7.51. The summed E-state index contributed by atoms with van der Waals surface area (Å²) in [5.41, 5.74) is -5.44. The number of aliphatic hydroxyl groups is 3. The summed E-state index contributed by atoms with van der Waals surface area (Å²) < 4.78 is 68.5. The van der Waals surface area contributed by atoms with Crippen LogP contribution in [0.25, 0.3) is 0 Å². The highest BCUT2D eigenvalue weighted by molar-refractivity contribution is 7.99. The van der Waals surface area contributed by atoms with Gasteiger partial charge in [-0.2, -0.15) is 17.5 Å². The van der Waals surface area contributed by atoms with Crippen molar-refractivity contribution in [3.8, 4) is 0 Å². The van der Waals surface area contributed by atoms with Gasteiger partial charge in [0.05, 0.1) is 10.9 Å². The number of hydrogen-bond acceptors (Lipinski definition) is 9. The van der Waals surface area contributed by atoms with E-state index in [2.05, 4.69) is 0 Å². The summed E-state index contributed by atoms with van der Waals surface area (Å²) in [7, 11) is -3.91. The van der Waals surface area contributed by atoms with Crippen molar-refractivity contribution in [1.29, 1.82) is 0 Å². The highest BCUT2D eigenvalue weighted by atomic mass is 32.2. The number of anilines is 1. The van der Waals surface area contributed by atoms with Crippen LogP contribution >= 0.6 is 24.0 Å². The van der Waals surface area contributed by atoms with Gasteiger partial charge in [-0.1, -0.05) is 36.5 Å². The van der Waals surface area contributed by atoms with Gasteiger partial charge in [-0.25, -0.2) is 8.42 Å². The maximum absolute atomic E-state index is 13.5. The largest absolute Gasteiger partial charge is 0.421 e. The molecule has 39 heavy (non-hydrogen) atoms. The lowest BCUT2D eigenvalue weighted by Crippen LogP contribution is -2.64. The molecule has 216 valence electrons. The van der Waals surface area contributed by atoms with Crippen LogP contribution in [0.4, 0.5) is 18.9 Å². The lowest BCUT2D eigenvalue weighted by atomic mass is 9.95. The van der Waals surface area contributed by atoms with Gasteiger partial charge in [-0.3, -0.25) is 4.90 Å². The van der Waals surface area contributed by atoms with E-state index in [0.717, 1.165) is 0 Å². The van der Waals surface area contributed by atoms with Crippen molar-refractivity contribution in [2.75, 3.05) is 43.4 Å². The minimum atomic E-state index is -4.86. The van der Waals surface area contributed by atoms with Crippen molar-refractivity contribution in [3.63, 3.8) is 0 Å². The van der Waals surface area contributed by atoms with Crippen molar-refractivity contribution < 1.29 is 36.9 Å². The average molecular weight is 608 g/mol. The molecule has 3 aliphatic rings. The zero-order chi connectivity index (χ0) is 28.8. The summed E-state index contributed by atoms with van der Waals surface area (Å²) in [4.78, 5) is 3.97. The van der Waals surface area contributed by atoms with Crippen LogP contribution in [0.2, 0.25) is 0 Å². The van der Waals surface area contributed by atoms with Crippen molar-refractivity contribution in [2.45, 2.75) is 49.2 Å². The number of allylic oxidation sites excluding steroid dienone is 4. The molecule has 4 atom stereocenters. The highest BCUT2D eigenvalue weighted by Crippen LogP contribution is 2.39. The zero-order valence-electron chi connectivity index (χ0n) is 21.5. The van der Waals surface area contributed by atoms with Crippen LogP contribution in [0.3, 0.4) is 0 Å². The summed E-state index contributed by atoms with van der Waals surface area (Å²) in [6.45, 7) is 3.18. The van der Waals surface area contributed by atoms with E-state index in [9.17, 15) is 36.9 Å². The number of sulfonamides is 1. The fraction of sp³-hybridized carbons (Fsp3) is 0.560. The molecule has 3 N–H and O–H groups in total. The molecule has 14 heteroatoms. The highest BCUT2D eigenvalue weighted by Gasteiger charge is 2.51. The molecule has 4 rings (SSSR count). The van der Waals surface area contributed by atoms with Crippen LogP contribution in [0.1, 0.15) is 25.8 Å². The molecule has 0 bridgehead atoms. The Morgan fingerprint density at radius 2 is 1.85 bits per heavy atom. The molecule has 0 amide bonds.